The second kappa shape index (κ2) is 5.15. The van der Waals surface area contributed by atoms with Gasteiger partial charge in [0, 0.05) is 22.0 Å². The van der Waals surface area contributed by atoms with E-state index in [0.717, 1.165) is 15.0 Å². The molecule has 0 saturated carbocycles. The van der Waals surface area contributed by atoms with Crippen molar-refractivity contribution in [2.24, 2.45) is 5.73 Å². The molecule has 2 N–H and O–H groups in total. The van der Waals surface area contributed by atoms with Crippen LogP contribution in [0.1, 0.15) is 16.6 Å². The van der Waals surface area contributed by atoms with Gasteiger partial charge >= 0.3 is 0 Å². The summed E-state index contributed by atoms with van der Waals surface area (Å²) in [5.41, 5.74) is 6.80. The monoisotopic (exact) mass is 289 g/mol. The molecular formula is C14H12FN3OS. The standard InChI is InChI=1S/C14H12FN3OS/c1-19-14-13(17-4-5-18-14)12(16)11-6-8-2-3-9(15)7-10(8)20-11/h2-7,12H,16H2,1H3. The maximum atomic E-state index is 13.2. The van der Waals surface area contributed by atoms with Gasteiger partial charge in [-0.2, -0.15) is 0 Å². The van der Waals surface area contributed by atoms with Crippen molar-refractivity contribution in [1.29, 1.82) is 0 Å². The topological polar surface area (TPSA) is 61.0 Å². The van der Waals surface area contributed by atoms with E-state index >= 15 is 0 Å². The van der Waals surface area contributed by atoms with Crippen LogP contribution in [0.2, 0.25) is 0 Å². The minimum Gasteiger partial charge on any atom is -0.480 e. The van der Waals surface area contributed by atoms with Gasteiger partial charge in [0.05, 0.1) is 13.2 Å². The number of nitrogens with zero attached hydrogens (tertiary/aromatic N) is 2. The second-order valence-corrected chi connectivity index (χ2v) is 5.37. The van der Waals surface area contributed by atoms with Gasteiger partial charge in [-0.15, -0.1) is 11.3 Å². The molecule has 6 heteroatoms. The molecular weight excluding hydrogens is 277 g/mol. The van der Waals surface area contributed by atoms with E-state index in [1.165, 1.54) is 30.6 Å². The van der Waals surface area contributed by atoms with E-state index in [2.05, 4.69) is 9.97 Å². The minimum absolute atomic E-state index is 0.253. The molecule has 0 aliphatic heterocycles. The molecule has 0 aliphatic carbocycles. The maximum absolute atomic E-state index is 13.2. The Balaban J connectivity index is 2.05. The van der Waals surface area contributed by atoms with Gasteiger partial charge in [0.25, 0.3) is 0 Å². The molecule has 0 saturated heterocycles. The number of thiophene rings is 1. The fraction of sp³-hybridized carbons (Fsp3) is 0.143. The predicted molar refractivity (Wildman–Crippen MR) is 76.4 cm³/mol. The minimum atomic E-state index is -0.445. The first-order valence-electron chi connectivity index (χ1n) is 5.98. The Hall–Kier alpha value is -2.05. The maximum Gasteiger partial charge on any atom is 0.237 e. The molecule has 0 amide bonds. The molecule has 0 radical (unpaired) electrons. The largest absolute Gasteiger partial charge is 0.480 e. The van der Waals surface area contributed by atoms with E-state index in [1.54, 1.807) is 18.5 Å². The Labute approximate surface area is 119 Å². The number of aromatic nitrogens is 2. The molecule has 1 aromatic carbocycles. The zero-order chi connectivity index (χ0) is 14.1. The molecule has 3 aromatic rings. The summed E-state index contributed by atoms with van der Waals surface area (Å²) >= 11 is 1.45. The van der Waals surface area contributed by atoms with Crippen LogP contribution in [0.3, 0.4) is 0 Å². The van der Waals surface area contributed by atoms with Gasteiger partial charge in [0.15, 0.2) is 0 Å². The average molecular weight is 289 g/mol. The number of halogens is 1. The first-order valence-corrected chi connectivity index (χ1v) is 6.80. The van der Waals surface area contributed by atoms with E-state index in [0.29, 0.717) is 11.6 Å². The Morgan fingerprint density at radius 3 is 2.85 bits per heavy atom. The second-order valence-electron chi connectivity index (χ2n) is 4.26. The molecule has 20 heavy (non-hydrogen) atoms. The molecule has 102 valence electrons. The normalized spacial score (nSPS) is 12.6. The Morgan fingerprint density at radius 1 is 1.25 bits per heavy atom. The van der Waals surface area contributed by atoms with Crippen LogP contribution in [-0.4, -0.2) is 17.1 Å². The lowest BCUT2D eigenvalue weighted by atomic mass is 10.1. The highest BCUT2D eigenvalue weighted by Gasteiger charge is 2.18. The van der Waals surface area contributed by atoms with Crippen LogP contribution in [0.5, 0.6) is 5.88 Å². The average Bonchev–Trinajstić information content (AvgIpc) is 2.89. The van der Waals surface area contributed by atoms with Crippen molar-refractivity contribution < 1.29 is 9.13 Å². The Morgan fingerprint density at radius 2 is 2.05 bits per heavy atom. The molecule has 1 unspecified atom stereocenters. The fourth-order valence-electron chi connectivity index (χ4n) is 2.02. The van der Waals surface area contributed by atoms with E-state index < -0.39 is 6.04 Å². The Kier molecular flexibility index (Phi) is 3.33. The molecule has 0 aliphatic rings. The highest BCUT2D eigenvalue weighted by molar-refractivity contribution is 7.19. The van der Waals surface area contributed by atoms with Crippen molar-refractivity contribution >= 4 is 21.4 Å². The number of fused-ring (bicyclic) bond motifs is 1. The number of nitrogens with two attached hydrogens (primary N) is 1. The SMILES string of the molecule is COc1nccnc1C(N)c1cc2ccc(F)cc2s1. The summed E-state index contributed by atoms with van der Waals surface area (Å²) in [4.78, 5) is 9.22. The molecule has 3 rings (SSSR count). The molecule has 2 heterocycles. The molecule has 1 atom stereocenters. The van der Waals surface area contributed by atoms with Crippen LogP contribution in [0.15, 0.2) is 36.7 Å². The first-order chi connectivity index (χ1) is 9.69. The number of methoxy groups -OCH3 is 1. The lowest BCUT2D eigenvalue weighted by Gasteiger charge is -2.11. The van der Waals surface area contributed by atoms with Crippen molar-refractivity contribution in [2.45, 2.75) is 6.04 Å². The summed E-state index contributed by atoms with van der Waals surface area (Å²) in [6.07, 6.45) is 3.13. The summed E-state index contributed by atoms with van der Waals surface area (Å²) in [6.45, 7) is 0. The van der Waals surface area contributed by atoms with Crippen LogP contribution in [0, 0.1) is 5.82 Å². The lowest BCUT2D eigenvalue weighted by Crippen LogP contribution is -2.14. The van der Waals surface area contributed by atoms with Gasteiger partial charge < -0.3 is 10.5 Å². The molecule has 0 spiro atoms. The van der Waals surface area contributed by atoms with Gasteiger partial charge in [-0.1, -0.05) is 6.07 Å². The quantitative estimate of drug-likeness (QED) is 0.805. The van der Waals surface area contributed by atoms with Crippen LogP contribution >= 0.6 is 11.3 Å². The van der Waals surface area contributed by atoms with Gasteiger partial charge in [-0.3, -0.25) is 4.98 Å². The third kappa shape index (κ3) is 2.23. The van der Waals surface area contributed by atoms with E-state index in [4.69, 9.17) is 10.5 Å². The summed E-state index contributed by atoms with van der Waals surface area (Å²) in [6, 6.07) is 6.18. The first kappa shape index (κ1) is 13.0. The number of hydrogen-bond donors (Lipinski definition) is 1. The zero-order valence-corrected chi connectivity index (χ0v) is 11.5. The summed E-state index contributed by atoms with van der Waals surface area (Å²) in [5.74, 6) is 0.153. The number of hydrogen-bond acceptors (Lipinski definition) is 5. The number of ether oxygens (including phenoxy) is 1. The molecule has 0 bridgehead atoms. The smallest absolute Gasteiger partial charge is 0.237 e. The molecule has 0 fully saturated rings. The third-order valence-electron chi connectivity index (χ3n) is 2.99. The van der Waals surface area contributed by atoms with E-state index in [9.17, 15) is 4.39 Å². The highest BCUT2D eigenvalue weighted by Crippen LogP contribution is 2.33. The van der Waals surface area contributed by atoms with E-state index in [1.807, 2.05) is 6.07 Å². The van der Waals surface area contributed by atoms with Crippen molar-refractivity contribution in [2.75, 3.05) is 7.11 Å². The van der Waals surface area contributed by atoms with Crippen molar-refractivity contribution in [1.82, 2.24) is 9.97 Å². The summed E-state index contributed by atoms with van der Waals surface area (Å²) < 4.78 is 19.3. The fourth-order valence-corrected chi connectivity index (χ4v) is 3.11. The number of benzene rings is 1. The van der Waals surface area contributed by atoms with Gasteiger partial charge in [0.1, 0.15) is 11.5 Å². The van der Waals surface area contributed by atoms with Gasteiger partial charge in [0.2, 0.25) is 5.88 Å². The highest BCUT2D eigenvalue weighted by atomic mass is 32.1. The van der Waals surface area contributed by atoms with Gasteiger partial charge in [-0.25, -0.2) is 9.37 Å². The van der Waals surface area contributed by atoms with Crippen LogP contribution in [-0.2, 0) is 0 Å². The van der Waals surface area contributed by atoms with Crippen LogP contribution < -0.4 is 10.5 Å². The van der Waals surface area contributed by atoms with E-state index in [-0.39, 0.29) is 5.82 Å². The Bertz CT molecular complexity index is 759. The third-order valence-corrected chi connectivity index (χ3v) is 4.17. The van der Waals surface area contributed by atoms with Gasteiger partial charge in [-0.05, 0) is 23.6 Å². The van der Waals surface area contributed by atoms with Crippen molar-refractivity contribution in [3.8, 4) is 5.88 Å². The van der Waals surface area contributed by atoms with Crippen molar-refractivity contribution in [3.05, 3.63) is 53.0 Å². The zero-order valence-electron chi connectivity index (χ0n) is 10.7. The van der Waals surface area contributed by atoms with Crippen LogP contribution in [0.4, 0.5) is 4.39 Å². The lowest BCUT2D eigenvalue weighted by molar-refractivity contribution is 0.387. The summed E-state index contributed by atoms with van der Waals surface area (Å²) in [5, 5.41) is 0.963. The predicted octanol–water partition coefficient (Wildman–Crippen LogP) is 2.89. The molecule has 2 aromatic heterocycles. The van der Waals surface area contributed by atoms with Crippen molar-refractivity contribution in [3.63, 3.8) is 0 Å². The molecule has 4 nitrogen and oxygen atoms in total. The summed E-state index contributed by atoms with van der Waals surface area (Å²) in [7, 11) is 1.53. The van der Waals surface area contributed by atoms with Crippen LogP contribution in [0.25, 0.3) is 10.1 Å². The number of rotatable bonds is 3.